The van der Waals surface area contributed by atoms with Crippen LogP contribution >= 0.6 is 11.6 Å². The van der Waals surface area contributed by atoms with Crippen LogP contribution in [-0.2, 0) is 46.3 Å². The molecule has 5 heterocycles. The number of piperazine rings is 1. The van der Waals surface area contributed by atoms with Crippen molar-refractivity contribution in [3.63, 3.8) is 0 Å². The van der Waals surface area contributed by atoms with Crippen LogP contribution in [0.3, 0.4) is 0 Å². The Morgan fingerprint density at radius 1 is 1.03 bits per heavy atom. The average molecular weight is 873 g/mol. The molecule has 0 spiro atoms. The molecule has 0 aliphatic carbocycles. The van der Waals surface area contributed by atoms with E-state index in [1.165, 1.54) is 9.47 Å². The number of imidazole rings is 1. The lowest BCUT2D eigenvalue weighted by atomic mass is 10.1. The summed E-state index contributed by atoms with van der Waals surface area (Å²) in [6.07, 6.45) is -6.09. The zero-order valence-electron chi connectivity index (χ0n) is 32.6. The summed E-state index contributed by atoms with van der Waals surface area (Å²) in [5, 5.41) is 9.08. The molecule has 0 radical (unpaired) electrons. The predicted molar refractivity (Wildman–Crippen MR) is 209 cm³/mol. The van der Waals surface area contributed by atoms with E-state index in [2.05, 4.69) is 45.3 Å². The van der Waals surface area contributed by atoms with Gasteiger partial charge in [0.1, 0.15) is 24.8 Å². The Bertz CT molecular complexity index is 2290. The average Bonchev–Trinajstić information content (AvgIpc) is 3.80. The third-order valence-electron chi connectivity index (χ3n) is 9.72. The highest BCUT2D eigenvalue weighted by molar-refractivity contribution is 6.76. The molecular weight excluding hydrogens is 830 g/mol. The topological polar surface area (TPSA) is 153 Å². The number of anilines is 3. The van der Waals surface area contributed by atoms with Crippen molar-refractivity contribution in [2.75, 3.05) is 61.5 Å². The number of ether oxygens (including phenoxy) is 2. The Hall–Kier alpha value is -4.93. The van der Waals surface area contributed by atoms with E-state index >= 15 is 0 Å². The van der Waals surface area contributed by atoms with E-state index in [-0.39, 0.29) is 67.3 Å². The van der Waals surface area contributed by atoms with E-state index in [9.17, 15) is 40.7 Å². The smallest absolute Gasteiger partial charge is 0.377 e. The molecule has 6 rings (SSSR count). The Kier molecular flexibility index (Phi) is 12.8. The van der Waals surface area contributed by atoms with Gasteiger partial charge in [-0.1, -0.05) is 44.2 Å². The fraction of sp³-hybridized carbons (Fsp3) is 0.500. The Morgan fingerprint density at radius 3 is 2.37 bits per heavy atom. The number of halogens is 7. The largest absolute Gasteiger partial charge is 0.437 e. The van der Waals surface area contributed by atoms with Gasteiger partial charge in [0.05, 0.1) is 41.5 Å². The number of amides is 3. The van der Waals surface area contributed by atoms with E-state index < -0.39 is 61.5 Å². The highest BCUT2D eigenvalue weighted by Gasteiger charge is 2.39. The van der Waals surface area contributed by atoms with Crippen molar-refractivity contribution in [1.82, 2.24) is 33.6 Å². The maximum Gasteiger partial charge on any atom is 0.437 e. The number of hydrogen-bond acceptors (Lipinski definition) is 9. The van der Waals surface area contributed by atoms with Gasteiger partial charge in [-0.05, 0) is 42.7 Å². The maximum absolute atomic E-state index is 14.3. The van der Waals surface area contributed by atoms with Gasteiger partial charge < -0.3 is 29.2 Å². The van der Waals surface area contributed by atoms with Crippen LogP contribution in [0.2, 0.25) is 30.7 Å². The summed E-state index contributed by atoms with van der Waals surface area (Å²) in [5.74, 6) is -0.971. The Balaban J connectivity index is 1.26. The van der Waals surface area contributed by atoms with E-state index in [0.717, 1.165) is 39.2 Å². The molecule has 0 unspecified atom stereocenters. The molecule has 2 aliphatic heterocycles. The number of carbonyl (C=O) groups excluding carboxylic acids is 2. The molecule has 59 heavy (non-hydrogen) atoms. The second kappa shape index (κ2) is 17.3. The number of nitrogens with zero attached hydrogens (tertiary/aromatic N) is 8. The van der Waals surface area contributed by atoms with Gasteiger partial charge in [0.25, 0.3) is 5.56 Å². The van der Waals surface area contributed by atoms with Gasteiger partial charge in [0.2, 0.25) is 11.7 Å². The quantitative estimate of drug-likeness (QED) is 0.0930. The molecule has 0 saturated carbocycles. The molecular formula is C36H43ClF6N10O5Si. The van der Waals surface area contributed by atoms with Gasteiger partial charge in [0, 0.05) is 40.9 Å². The van der Waals surface area contributed by atoms with E-state index in [0.29, 0.717) is 38.0 Å². The molecule has 1 fully saturated rings. The van der Waals surface area contributed by atoms with Crippen molar-refractivity contribution in [3.05, 3.63) is 68.8 Å². The van der Waals surface area contributed by atoms with Crippen molar-refractivity contribution < 1.29 is 45.4 Å². The van der Waals surface area contributed by atoms with Crippen LogP contribution in [-0.4, -0.2) is 99.6 Å². The molecule has 4 aromatic rings. The molecule has 1 saturated heterocycles. The van der Waals surface area contributed by atoms with Crippen LogP contribution in [0.4, 0.5) is 48.3 Å². The second-order valence-corrected chi connectivity index (χ2v) is 21.2. The minimum atomic E-state index is -4.86. The summed E-state index contributed by atoms with van der Waals surface area (Å²) < 4.78 is 96.3. The van der Waals surface area contributed by atoms with Crippen LogP contribution in [0, 0.1) is 0 Å². The number of aromatic nitrogens is 6. The van der Waals surface area contributed by atoms with Crippen molar-refractivity contribution in [2.45, 2.75) is 71.1 Å². The summed E-state index contributed by atoms with van der Waals surface area (Å²) in [6.45, 7) is 8.65. The number of hydrogen-bond donors (Lipinski definition) is 2. The molecule has 1 aromatic carbocycles. The number of carbonyl (C=O) groups is 2. The fourth-order valence-corrected chi connectivity index (χ4v) is 7.58. The first-order valence-corrected chi connectivity index (χ1v) is 22.8. The fourth-order valence-electron chi connectivity index (χ4n) is 6.60. The summed E-state index contributed by atoms with van der Waals surface area (Å²) >= 11 is 6.12. The zero-order chi connectivity index (χ0) is 42.9. The number of fused-ring (bicyclic) bond motifs is 1. The van der Waals surface area contributed by atoms with Crippen LogP contribution < -0.4 is 21.1 Å². The lowest BCUT2D eigenvalue weighted by Crippen LogP contribution is -2.52. The summed E-state index contributed by atoms with van der Waals surface area (Å²) in [4.78, 5) is 52.5. The van der Waals surface area contributed by atoms with Crippen molar-refractivity contribution in [3.8, 4) is 0 Å². The number of rotatable bonds is 12. The molecule has 0 bridgehead atoms. The van der Waals surface area contributed by atoms with Gasteiger partial charge in [0.15, 0.2) is 11.5 Å². The first-order chi connectivity index (χ1) is 27.7. The molecule has 3 amide bonds. The molecule has 3 aromatic heterocycles. The second-order valence-electron chi connectivity index (χ2n) is 15.1. The van der Waals surface area contributed by atoms with Gasteiger partial charge in [-0.15, -0.1) is 5.10 Å². The normalized spacial score (nSPS) is 15.5. The van der Waals surface area contributed by atoms with Gasteiger partial charge in [-0.25, -0.2) is 9.78 Å². The first kappa shape index (κ1) is 43.6. The SMILES string of the molecule is CCc1c(N2CCN(C(=O)Nc3c(C(F)(F)F)ncn3COCC[Si](C)(C)C)CC2)c(=O)n2nc(C3=CCOCC3)nc2n1CC(=O)Nc1ccc(C(F)(F)F)cc1Cl. The van der Waals surface area contributed by atoms with E-state index in [4.69, 9.17) is 21.1 Å². The number of alkyl halides is 6. The zero-order valence-corrected chi connectivity index (χ0v) is 34.4. The van der Waals surface area contributed by atoms with E-state index in [1.807, 2.05) is 0 Å². The maximum atomic E-state index is 14.3. The monoisotopic (exact) mass is 872 g/mol. The molecule has 2 N–H and O–H groups in total. The summed E-state index contributed by atoms with van der Waals surface area (Å²) in [5.41, 5.74) is -1.63. The van der Waals surface area contributed by atoms with Crippen LogP contribution in [0.25, 0.3) is 11.4 Å². The van der Waals surface area contributed by atoms with Gasteiger partial charge in [-0.3, -0.25) is 19.5 Å². The standard InChI is InChI=1S/C36H43ClF6N10O5Si/c1-5-26-28(49-10-12-50(13-11-49)34(56)47-31-29(36(41,42)43)44-20-51(31)21-58-16-17-59(2,3)4)32(55)53-33(46-30(48-53)22-8-14-57-15-9-22)52(26)19-27(54)45-25-7-6-23(18-24(25)37)35(38,39)40/h6-8,18,20H,5,9-17,19,21H2,1-4H3,(H,45,54)(H,47,56). The number of benzene rings is 1. The highest BCUT2D eigenvalue weighted by Crippen LogP contribution is 2.35. The van der Waals surface area contributed by atoms with Gasteiger partial charge >= 0.3 is 18.4 Å². The summed E-state index contributed by atoms with van der Waals surface area (Å²) in [7, 11) is -1.47. The third kappa shape index (κ3) is 10.1. The van der Waals surface area contributed by atoms with Crippen LogP contribution in [0.5, 0.6) is 0 Å². The lowest BCUT2D eigenvalue weighted by molar-refractivity contribution is -0.140. The molecule has 2 aliphatic rings. The third-order valence-corrected chi connectivity index (χ3v) is 11.7. The van der Waals surface area contributed by atoms with Crippen LogP contribution in [0.15, 0.2) is 35.4 Å². The minimum Gasteiger partial charge on any atom is -0.377 e. The first-order valence-electron chi connectivity index (χ1n) is 18.7. The lowest BCUT2D eigenvalue weighted by Gasteiger charge is -2.36. The molecule has 23 heteroatoms. The predicted octanol–water partition coefficient (Wildman–Crippen LogP) is 6.45. The van der Waals surface area contributed by atoms with E-state index in [1.54, 1.807) is 17.9 Å². The Morgan fingerprint density at radius 2 is 1.76 bits per heavy atom. The van der Waals surface area contributed by atoms with Crippen molar-refractivity contribution in [2.24, 2.45) is 0 Å². The van der Waals surface area contributed by atoms with Gasteiger partial charge in [-0.2, -0.15) is 35.8 Å². The number of urea groups is 1. The van der Waals surface area contributed by atoms with Crippen molar-refractivity contribution >= 4 is 60.2 Å². The van der Waals surface area contributed by atoms with Crippen LogP contribution in [0.1, 0.15) is 36.1 Å². The van der Waals surface area contributed by atoms with Crippen molar-refractivity contribution in [1.29, 1.82) is 0 Å². The molecule has 0 atom stereocenters. The number of nitrogens with one attached hydrogen (secondary N) is 2. The summed E-state index contributed by atoms with van der Waals surface area (Å²) in [6, 6.07) is 2.50. The highest BCUT2D eigenvalue weighted by atomic mass is 35.5. The Labute approximate surface area is 339 Å². The molecule has 15 nitrogen and oxygen atoms in total. The minimum absolute atomic E-state index is 0.00291. The molecule has 320 valence electrons.